The molecule has 0 aliphatic heterocycles. The molecule has 0 radical (unpaired) electrons. The summed E-state index contributed by atoms with van der Waals surface area (Å²) in [4.78, 5) is 10.6. The number of hydrogen-bond acceptors (Lipinski definition) is 5. The Hall–Kier alpha value is -2.13. The number of anilines is 1. The van der Waals surface area contributed by atoms with E-state index in [9.17, 15) is 15.2 Å². The number of nitrogens with zero attached hydrogens (tertiary/aromatic N) is 2. The van der Waals surface area contributed by atoms with Crippen LogP contribution in [0.15, 0.2) is 18.2 Å². The van der Waals surface area contributed by atoms with Gasteiger partial charge in [-0.15, -0.1) is 0 Å². The van der Waals surface area contributed by atoms with Crippen molar-refractivity contribution in [3.8, 4) is 6.07 Å². The second-order valence-corrected chi connectivity index (χ2v) is 5.09. The van der Waals surface area contributed by atoms with Crippen LogP contribution in [0.3, 0.4) is 0 Å². The van der Waals surface area contributed by atoms with Crippen LogP contribution in [0.4, 0.5) is 11.4 Å². The maximum atomic E-state index is 11.1. The topological polar surface area (TPSA) is 99.2 Å². The zero-order chi connectivity index (χ0) is 14.5. The zero-order valence-electron chi connectivity index (χ0n) is 11.1. The van der Waals surface area contributed by atoms with Gasteiger partial charge in [0.15, 0.2) is 0 Å². The summed E-state index contributed by atoms with van der Waals surface area (Å²) >= 11 is 0. The highest BCUT2D eigenvalue weighted by atomic mass is 16.6. The third-order valence-corrected chi connectivity index (χ3v) is 3.94. The summed E-state index contributed by atoms with van der Waals surface area (Å²) in [5.74, 6) is 0.589. The molecule has 20 heavy (non-hydrogen) atoms. The van der Waals surface area contributed by atoms with Gasteiger partial charge in [-0.25, -0.2) is 0 Å². The summed E-state index contributed by atoms with van der Waals surface area (Å²) in [6.07, 6.45) is 3.10. The number of nitro benzene ring substituents is 1. The lowest BCUT2D eigenvalue weighted by Gasteiger charge is -2.18. The first-order valence-corrected chi connectivity index (χ1v) is 6.69. The minimum atomic E-state index is -0.529. The first-order valence-electron chi connectivity index (χ1n) is 6.69. The van der Waals surface area contributed by atoms with Gasteiger partial charge in [-0.05, 0) is 36.8 Å². The molecule has 1 saturated carbocycles. The van der Waals surface area contributed by atoms with Gasteiger partial charge in [0.1, 0.15) is 17.3 Å². The van der Waals surface area contributed by atoms with E-state index >= 15 is 0 Å². The van der Waals surface area contributed by atoms with Gasteiger partial charge >= 0.3 is 5.69 Å². The van der Waals surface area contributed by atoms with Gasteiger partial charge in [-0.2, -0.15) is 5.26 Å². The smallest absolute Gasteiger partial charge is 0.309 e. The Morgan fingerprint density at radius 2 is 2.20 bits per heavy atom. The molecule has 2 atom stereocenters. The summed E-state index contributed by atoms with van der Waals surface area (Å²) in [6.45, 7) is 0.744. The van der Waals surface area contributed by atoms with Crippen LogP contribution in [0.2, 0.25) is 0 Å². The van der Waals surface area contributed by atoms with E-state index in [-0.39, 0.29) is 23.8 Å². The van der Waals surface area contributed by atoms with E-state index in [0.717, 1.165) is 19.3 Å². The number of hydrogen-bond donors (Lipinski definition) is 2. The molecule has 2 unspecified atom stereocenters. The summed E-state index contributed by atoms with van der Waals surface area (Å²) in [6, 6.07) is 6.53. The molecule has 1 aliphatic carbocycles. The molecule has 2 rings (SSSR count). The minimum Gasteiger partial charge on any atom is -0.396 e. The fourth-order valence-corrected chi connectivity index (χ4v) is 2.84. The number of nitrogens with one attached hydrogen (secondary N) is 1. The van der Waals surface area contributed by atoms with Crippen molar-refractivity contribution >= 4 is 11.4 Å². The molecule has 0 aromatic heterocycles. The van der Waals surface area contributed by atoms with Crippen molar-refractivity contribution in [1.82, 2.24) is 0 Å². The number of para-hydroxylation sites is 1. The van der Waals surface area contributed by atoms with Crippen LogP contribution in [0.25, 0.3) is 0 Å². The lowest BCUT2D eigenvalue weighted by molar-refractivity contribution is -0.384. The van der Waals surface area contributed by atoms with Crippen molar-refractivity contribution in [2.24, 2.45) is 11.8 Å². The van der Waals surface area contributed by atoms with Gasteiger partial charge in [0.2, 0.25) is 0 Å². The maximum Gasteiger partial charge on any atom is 0.309 e. The Bertz CT molecular complexity index is 539. The third kappa shape index (κ3) is 2.89. The van der Waals surface area contributed by atoms with E-state index in [1.807, 2.05) is 6.07 Å². The quantitative estimate of drug-likeness (QED) is 0.634. The van der Waals surface area contributed by atoms with Gasteiger partial charge in [-0.1, -0.05) is 12.5 Å². The van der Waals surface area contributed by atoms with Gasteiger partial charge < -0.3 is 10.4 Å². The highest BCUT2D eigenvalue weighted by Gasteiger charge is 2.27. The summed E-state index contributed by atoms with van der Waals surface area (Å²) < 4.78 is 0. The van der Waals surface area contributed by atoms with Crippen molar-refractivity contribution in [1.29, 1.82) is 5.26 Å². The molecule has 2 N–H and O–H groups in total. The summed E-state index contributed by atoms with van der Waals surface area (Å²) in [7, 11) is 0. The third-order valence-electron chi connectivity index (χ3n) is 3.94. The van der Waals surface area contributed by atoms with Crippen LogP contribution in [0, 0.1) is 33.3 Å². The highest BCUT2D eigenvalue weighted by molar-refractivity contribution is 5.68. The summed E-state index contributed by atoms with van der Waals surface area (Å²) in [5.41, 5.74) is 0.260. The zero-order valence-corrected chi connectivity index (χ0v) is 11.1. The number of aliphatic hydroxyl groups is 1. The van der Waals surface area contributed by atoms with Gasteiger partial charge in [0, 0.05) is 13.2 Å². The number of benzene rings is 1. The Labute approximate surface area is 117 Å². The molecular formula is C14H17N3O3. The predicted octanol–water partition coefficient (Wildman–Crippen LogP) is 2.29. The summed E-state index contributed by atoms with van der Waals surface area (Å²) in [5, 5.41) is 32.4. The van der Waals surface area contributed by atoms with Crippen LogP contribution in [-0.2, 0) is 0 Å². The average Bonchev–Trinajstić information content (AvgIpc) is 2.91. The number of rotatable bonds is 5. The van der Waals surface area contributed by atoms with Crippen LogP contribution in [-0.4, -0.2) is 23.2 Å². The molecule has 0 bridgehead atoms. The molecule has 6 nitrogen and oxygen atoms in total. The van der Waals surface area contributed by atoms with Crippen molar-refractivity contribution < 1.29 is 10.0 Å². The number of nitro groups is 1. The Kier molecular flexibility index (Phi) is 4.53. The monoisotopic (exact) mass is 275 g/mol. The lowest BCUT2D eigenvalue weighted by atomic mass is 9.97. The normalized spacial score (nSPS) is 21.4. The van der Waals surface area contributed by atoms with Gasteiger partial charge in [0.25, 0.3) is 0 Å². The Balaban J connectivity index is 2.14. The van der Waals surface area contributed by atoms with E-state index in [1.165, 1.54) is 6.07 Å². The highest BCUT2D eigenvalue weighted by Crippen LogP contribution is 2.33. The van der Waals surface area contributed by atoms with Crippen LogP contribution in [0.5, 0.6) is 0 Å². The predicted molar refractivity (Wildman–Crippen MR) is 74.2 cm³/mol. The van der Waals surface area contributed by atoms with E-state index in [0.29, 0.717) is 18.2 Å². The molecule has 6 heteroatoms. The fraction of sp³-hybridized carbons (Fsp3) is 0.500. The molecule has 1 aromatic carbocycles. The van der Waals surface area contributed by atoms with Crippen molar-refractivity contribution in [2.45, 2.75) is 19.3 Å². The minimum absolute atomic E-state index is 0.0603. The second-order valence-electron chi connectivity index (χ2n) is 5.09. The number of nitriles is 1. The largest absolute Gasteiger partial charge is 0.396 e. The Morgan fingerprint density at radius 1 is 1.45 bits per heavy atom. The molecule has 106 valence electrons. The lowest BCUT2D eigenvalue weighted by Crippen LogP contribution is -2.21. The van der Waals surface area contributed by atoms with Crippen LogP contribution >= 0.6 is 0 Å². The molecule has 0 heterocycles. The van der Waals surface area contributed by atoms with Gasteiger partial charge in [0.05, 0.1) is 4.92 Å². The van der Waals surface area contributed by atoms with Gasteiger partial charge in [-0.3, -0.25) is 10.1 Å². The molecule has 1 aliphatic rings. The first-order chi connectivity index (χ1) is 9.67. The molecule has 0 amide bonds. The SMILES string of the molecule is N#Cc1cccc(NCC2CCCC2CO)c1[N+](=O)[O-]. The Morgan fingerprint density at radius 3 is 2.85 bits per heavy atom. The molecular weight excluding hydrogens is 258 g/mol. The average molecular weight is 275 g/mol. The van der Waals surface area contributed by atoms with Crippen molar-refractivity contribution in [2.75, 3.05) is 18.5 Å². The second kappa shape index (κ2) is 6.35. The molecule has 0 spiro atoms. The van der Waals surface area contributed by atoms with E-state index in [1.54, 1.807) is 12.1 Å². The van der Waals surface area contributed by atoms with E-state index in [2.05, 4.69) is 5.32 Å². The number of aliphatic hydroxyl groups excluding tert-OH is 1. The molecule has 1 fully saturated rings. The van der Waals surface area contributed by atoms with Crippen molar-refractivity contribution in [3.05, 3.63) is 33.9 Å². The molecule has 0 saturated heterocycles. The fourth-order valence-electron chi connectivity index (χ4n) is 2.84. The van der Waals surface area contributed by atoms with E-state index in [4.69, 9.17) is 5.26 Å². The van der Waals surface area contributed by atoms with Crippen molar-refractivity contribution in [3.63, 3.8) is 0 Å². The standard InChI is InChI=1S/C14H17N3O3/c15-7-10-3-2-6-13(14(10)17(19)20)16-8-11-4-1-5-12(11)9-18/h2-3,6,11-12,16,18H,1,4-5,8-9H2. The molecule has 1 aromatic rings. The van der Waals surface area contributed by atoms with Crippen LogP contribution < -0.4 is 5.32 Å². The van der Waals surface area contributed by atoms with E-state index < -0.39 is 4.92 Å². The maximum absolute atomic E-state index is 11.1. The first kappa shape index (κ1) is 14.3. The van der Waals surface area contributed by atoms with Crippen LogP contribution in [0.1, 0.15) is 24.8 Å².